The highest BCUT2D eigenvalue weighted by Gasteiger charge is 2.21. The molecule has 0 aliphatic rings. The van der Waals surface area contributed by atoms with Crippen LogP contribution in [0.2, 0.25) is 0 Å². The van der Waals surface area contributed by atoms with Crippen LogP contribution in [0, 0.1) is 11.8 Å². The monoisotopic (exact) mass is 1050 g/mol. The van der Waals surface area contributed by atoms with Crippen LogP contribution in [0.4, 0.5) is 9.59 Å². The van der Waals surface area contributed by atoms with E-state index in [0.29, 0.717) is 83.2 Å². The van der Waals surface area contributed by atoms with Gasteiger partial charge in [0.25, 0.3) is 0 Å². The van der Waals surface area contributed by atoms with Gasteiger partial charge in [-0.25, -0.2) is 9.59 Å². The quantitative estimate of drug-likeness (QED) is 0.0326. The van der Waals surface area contributed by atoms with Gasteiger partial charge in [0.1, 0.15) is 25.4 Å². The number of esters is 2. The minimum Gasteiger partial charge on any atom is -0.465 e. The molecule has 12 nitrogen and oxygen atoms in total. The Labute approximate surface area is 456 Å². The SMILES string of the molecule is CCCCCCCCC(CCCC(=O)OCC(CCCCC)CCCCC)OC(=O)OCCN(CCOC(=O)OC(CCCCCCCC)CCCC(=O)OCC(CCCCC)CCCCC)CCN(CC)CC. The maximum Gasteiger partial charge on any atom is 0.508 e. The number of ether oxygens (including phenoxy) is 6. The van der Waals surface area contributed by atoms with Gasteiger partial charge in [-0.15, -0.1) is 0 Å². The van der Waals surface area contributed by atoms with E-state index in [4.69, 9.17) is 28.4 Å². The summed E-state index contributed by atoms with van der Waals surface area (Å²) in [5.74, 6) is 0.518. The molecule has 0 spiro atoms. The number of carbonyl (C=O) groups is 4. The van der Waals surface area contributed by atoms with Crippen molar-refractivity contribution < 1.29 is 47.6 Å². The van der Waals surface area contributed by atoms with Gasteiger partial charge in [-0.2, -0.15) is 0 Å². The zero-order chi connectivity index (χ0) is 54.5. The molecule has 0 aromatic carbocycles. The normalized spacial score (nSPS) is 12.4. The summed E-state index contributed by atoms with van der Waals surface area (Å²) in [5, 5.41) is 0. The molecule has 2 atom stereocenters. The summed E-state index contributed by atoms with van der Waals surface area (Å²) in [6.07, 6.45) is 34.9. The van der Waals surface area contributed by atoms with E-state index in [9.17, 15) is 19.2 Å². The third-order valence-corrected chi connectivity index (χ3v) is 14.8. The molecule has 0 N–H and O–H groups in total. The van der Waals surface area contributed by atoms with Gasteiger partial charge in [-0.3, -0.25) is 14.5 Å². The molecule has 0 rings (SSSR count). The van der Waals surface area contributed by atoms with Gasteiger partial charge < -0.3 is 33.3 Å². The molecule has 0 aromatic heterocycles. The van der Waals surface area contributed by atoms with E-state index in [1.807, 2.05) is 0 Å². The second-order valence-corrected chi connectivity index (χ2v) is 21.5. The molecule has 0 amide bonds. The van der Waals surface area contributed by atoms with E-state index in [1.165, 1.54) is 116 Å². The lowest BCUT2D eigenvalue weighted by Gasteiger charge is -2.26. The van der Waals surface area contributed by atoms with Gasteiger partial charge in [-0.1, -0.05) is 197 Å². The van der Waals surface area contributed by atoms with Crippen molar-refractivity contribution in [3.63, 3.8) is 0 Å². The van der Waals surface area contributed by atoms with Crippen molar-refractivity contribution >= 4 is 24.2 Å². The largest absolute Gasteiger partial charge is 0.508 e. The molecule has 0 aromatic rings. The highest BCUT2D eigenvalue weighted by atomic mass is 16.7. The number of hydrogen-bond donors (Lipinski definition) is 0. The van der Waals surface area contributed by atoms with E-state index in [0.717, 1.165) is 96.7 Å². The lowest BCUT2D eigenvalue weighted by atomic mass is 9.96. The summed E-state index contributed by atoms with van der Waals surface area (Å²) in [6.45, 7) is 23.1. The van der Waals surface area contributed by atoms with Crippen molar-refractivity contribution in [2.45, 2.75) is 299 Å². The standard InChI is InChI=1S/C62H120N2O10/c1-9-17-23-25-27-33-41-57(43-35-45-59(65)71-53-55(37-29-19-11-3)38-30-20-12-4)73-61(67)69-51-49-64(48-47-63(15-7)16-8)50-52-70-62(68)74-58(42-34-28-26-24-18-10-2)44-36-46-60(66)72-54-56(39-31-21-13-5)40-32-22-14-6/h55-58H,9-54H2,1-8H3. The zero-order valence-corrected chi connectivity index (χ0v) is 49.8. The number of hydrogen-bond acceptors (Lipinski definition) is 12. The summed E-state index contributed by atoms with van der Waals surface area (Å²) in [6, 6.07) is 0. The zero-order valence-electron chi connectivity index (χ0n) is 49.8. The second kappa shape index (κ2) is 53.8. The fraction of sp³-hybridized carbons (Fsp3) is 0.935. The Kier molecular flexibility index (Phi) is 51.9. The van der Waals surface area contributed by atoms with Crippen LogP contribution in [0.25, 0.3) is 0 Å². The Balaban J connectivity index is 5.41. The minimum absolute atomic E-state index is 0.135. The lowest BCUT2D eigenvalue weighted by Crippen LogP contribution is -2.39. The Hall–Kier alpha value is -2.60. The highest BCUT2D eigenvalue weighted by Crippen LogP contribution is 2.22. The van der Waals surface area contributed by atoms with Gasteiger partial charge in [-0.05, 0) is 102 Å². The third-order valence-electron chi connectivity index (χ3n) is 14.8. The summed E-state index contributed by atoms with van der Waals surface area (Å²) < 4.78 is 34.8. The number of carbonyl (C=O) groups excluding carboxylic acids is 4. The molecule has 0 aliphatic carbocycles. The van der Waals surface area contributed by atoms with Crippen molar-refractivity contribution in [2.24, 2.45) is 11.8 Å². The fourth-order valence-electron chi connectivity index (χ4n) is 9.71. The van der Waals surface area contributed by atoms with Crippen LogP contribution in [-0.2, 0) is 38.0 Å². The van der Waals surface area contributed by atoms with Crippen LogP contribution >= 0.6 is 0 Å². The molecule has 0 bridgehead atoms. The van der Waals surface area contributed by atoms with E-state index in [2.05, 4.69) is 65.2 Å². The first-order valence-electron chi connectivity index (χ1n) is 31.5. The predicted octanol–water partition coefficient (Wildman–Crippen LogP) is 17.2. The van der Waals surface area contributed by atoms with Crippen LogP contribution < -0.4 is 0 Å². The third kappa shape index (κ3) is 45.6. The maximum atomic E-state index is 13.2. The van der Waals surface area contributed by atoms with Gasteiger partial charge in [0.05, 0.1) is 13.2 Å². The van der Waals surface area contributed by atoms with Gasteiger partial charge >= 0.3 is 24.2 Å². The van der Waals surface area contributed by atoms with Crippen molar-refractivity contribution in [3.05, 3.63) is 0 Å². The highest BCUT2D eigenvalue weighted by molar-refractivity contribution is 5.69. The van der Waals surface area contributed by atoms with Gasteiger partial charge in [0, 0.05) is 39.0 Å². The molecular weight excluding hydrogens is 933 g/mol. The molecule has 74 heavy (non-hydrogen) atoms. The molecule has 0 radical (unpaired) electrons. The van der Waals surface area contributed by atoms with Crippen LogP contribution in [0.15, 0.2) is 0 Å². The van der Waals surface area contributed by atoms with Gasteiger partial charge in [0.15, 0.2) is 0 Å². The second-order valence-electron chi connectivity index (χ2n) is 21.5. The summed E-state index contributed by atoms with van der Waals surface area (Å²) in [7, 11) is 0. The smallest absolute Gasteiger partial charge is 0.465 e. The first-order valence-corrected chi connectivity index (χ1v) is 31.5. The molecular formula is C62H120N2O10. The van der Waals surface area contributed by atoms with Crippen molar-refractivity contribution in [2.75, 3.05) is 65.7 Å². The summed E-state index contributed by atoms with van der Waals surface area (Å²) in [5.41, 5.74) is 0. The molecule has 438 valence electrons. The van der Waals surface area contributed by atoms with Crippen molar-refractivity contribution in [1.29, 1.82) is 0 Å². The van der Waals surface area contributed by atoms with E-state index < -0.39 is 12.3 Å². The van der Waals surface area contributed by atoms with Gasteiger partial charge in [0.2, 0.25) is 0 Å². The topological polar surface area (TPSA) is 130 Å². The average Bonchev–Trinajstić information content (AvgIpc) is 3.38. The van der Waals surface area contributed by atoms with Crippen molar-refractivity contribution in [1.82, 2.24) is 9.80 Å². The summed E-state index contributed by atoms with van der Waals surface area (Å²) in [4.78, 5) is 56.6. The van der Waals surface area contributed by atoms with E-state index in [1.54, 1.807) is 0 Å². The molecule has 0 heterocycles. The van der Waals surface area contributed by atoms with Crippen LogP contribution in [-0.4, -0.2) is 112 Å². The molecule has 0 aliphatic heterocycles. The fourth-order valence-corrected chi connectivity index (χ4v) is 9.71. The number of rotatable bonds is 55. The molecule has 0 fully saturated rings. The van der Waals surface area contributed by atoms with Crippen LogP contribution in [0.5, 0.6) is 0 Å². The molecule has 0 saturated carbocycles. The molecule has 2 unspecified atom stereocenters. The van der Waals surface area contributed by atoms with Crippen molar-refractivity contribution in [3.8, 4) is 0 Å². The molecule has 12 heteroatoms. The van der Waals surface area contributed by atoms with Crippen LogP contribution in [0.1, 0.15) is 287 Å². The Morgan fingerprint density at radius 1 is 0.324 bits per heavy atom. The maximum absolute atomic E-state index is 13.2. The predicted molar refractivity (Wildman–Crippen MR) is 306 cm³/mol. The average molecular weight is 1050 g/mol. The Morgan fingerprint density at radius 3 is 0.973 bits per heavy atom. The molecule has 0 saturated heterocycles. The van der Waals surface area contributed by atoms with Crippen LogP contribution in [0.3, 0.4) is 0 Å². The minimum atomic E-state index is -0.687. The van der Waals surface area contributed by atoms with E-state index in [-0.39, 0.29) is 37.4 Å². The Morgan fingerprint density at radius 2 is 0.622 bits per heavy atom. The first kappa shape index (κ1) is 71.4. The Bertz CT molecular complexity index is 1160. The number of nitrogens with zero attached hydrogens (tertiary/aromatic N) is 2. The number of unbranched alkanes of at least 4 members (excludes halogenated alkanes) is 18. The van der Waals surface area contributed by atoms with E-state index >= 15 is 0 Å². The summed E-state index contributed by atoms with van der Waals surface area (Å²) >= 11 is 0. The first-order chi connectivity index (χ1) is 36.1. The lowest BCUT2D eigenvalue weighted by molar-refractivity contribution is -0.146. The number of likely N-dealkylation sites (N-methyl/N-ethyl adjacent to an activating group) is 1.